The molecule has 2 aliphatic heterocycles. The van der Waals surface area contributed by atoms with Gasteiger partial charge in [0, 0.05) is 23.8 Å². The summed E-state index contributed by atoms with van der Waals surface area (Å²) in [7, 11) is -3.52. The van der Waals surface area contributed by atoms with Crippen LogP contribution in [0.1, 0.15) is 18.4 Å². The highest BCUT2D eigenvalue weighted by Crippen LogP contribution is 2.23. The van der Waals surface area contributed by atoms with Crippen LogP contribution in [0, 0.1) is 5.41 Å². The van der Waals surface area contributed by atoms with E-state index in [9.17, 15) is 13.2 Å². The van der Waals surface area contributed by atoms with Crippen LogP contribution in [-0.2, 0) is 14.8 Å². The number of benzene rings is 2. The number of nitrogens with one attached hydrogen (secondary N) is 2. The van der Waals surface area contributed by atoms with Crippen LogP contribution in [0.3, 0.4) is 0 Å². The highest BCUT2D eigenvalue weighted by atomic mass is 32.2. The van der Waals surface area contributed by atoms with Gasteiger partial charge in [0.2, 0.25) is 10.0 Å². The van der Waals surface area contributed by atoms with E-state index >= 15 is 0 Å². The molecule has 170 valence electrons. The van der Waals surface area contributed by atoms with Gasteiger partial charge in [-0.25, -0.2) is 17.9 Å². The Bertz CT molecular complexity index is 1070. The summed E-state index contributed by atoms with van der Waals surface area (Å²) in [5.41, 5.74) is 6.78. The van der Waals surface area contributed by atoms with Crippen molar-refractivity contribution < 1.29 is 17.9 Å². The van der Waals surface area contributed by atoms with Gasteiger partial charge in [-0.2, -0.15) is 0 Å². The zero-order valence-electron chi connectivity index (χ0n) is 17.6. The van der Waals surface area contributed by atoms with Crippen LogP contribution in [0.2, 0.25) is 0 Å². The molecule has 2 saturated heterocycles. The fourth-order valence-corrected chi connectivity index (χ4v) is 5.38. The molecule has 0 aliphatic carbocycles. The summed E-state index contributed by atoms with van der Waals surface area (Å²) in [5, 5.41) is 7.47. The number of nitrogen functional groups attached to an aromatic ring is 1. The molecule has 2 heterocycles. The third-order valence-corrected chi connectivity index (χ3v) is 7.33. The number of cyclic esters (lactones) is 1. The lowest BCUT2D eigenvalue weighted by Crippen LogP contribution is -2.46. The topological polar surface area (TPSA) is 129 Å². The first kappa shape index (κ1) is 22.3. The lowest BCUT2D eigenvalue weighted by atomic mass is 10.1. The van der Waals surface area contributed by atoms with E-state index in [0.29, 0.717) is 37.2 Å². The summed E-state index contributed by atoms with van der Waals surface area (Å²) in [6.07, 6.45) is 0.745. The Hall–Kier alpha value is -2.95. The lowest BCUT2D eigenvalue weighted by Gasteiger charge is -2.33. The number of amides is 1. The van der Waals surface area contributed by atoms with Gasteiger partial charge in [-0.05, 0) is 62.3 Å². The molecular weight excluding hydrogens is 430 g/mol. The van der Waals surface area contributed by atoms with E-state index in [-0.39, 0.29) is 22.9 Å². The van der Waals surface area contributed by atoms with Gasteiger partial charge in [0.15, 0.2) is 0 Å². The number of carbonyl (C=O) groups excluding carboxylic acids is 1. The predicted octanol–water partition coefficient (Wildman–Crippen LogP) is 1.74. The van der Waals surface area contributed by atoms with Gasteiger partial charge in [-0.3, -0.25) is 15.2 Å². The first-order chi connectivity index (χ1) is 15.3. The van der Waals surface area contributed by atoms with Crippen molar-refractivity contribution in [1.29, 1.82) is 5.41 Å². The maximum Gasteiger partial charge on any atom is 0.414 e. The minimum Gasteiger partial charge on any atom is -0.443 e. The van der Waals surface area contributed by atoms with Gasteiger partial charge in [0.25, 0.3) is 0 Å². The van der Waals surface area contributed by atoms with Crippen LogP contribution in [0.25, 0.3) is 0 Å². The van der Waals surface area contributed by atoms with E-state index in [1.165, 1.54) is 0 Å². The second-order valence-electron chi connectivity index (χ2n) is 8.09. The van der Waals surface area contributed by atoms with Crippen LogP contribution in [0.5, 0.6) is 0 Å². The van der Waals surface area contributed by atoms with E-state index in [1.807, 2.05) is 0 Å². The molecule has 9 nitrogen and oxygen atoms in total. The summed E-state index contributed by atoms with van der Waals surface area (Å²) in [4.78, 5) is 16.4. The summed E-state index contributed by atoms with van der Waals surface area (Å²) in [6.45, 7) is 2.50. The maximum absolute atomic E-state index is 12.5. The number of piperidine rings is 1. The molecule has 10 heteroatoms. The monoisotopic (exact) mass is 457 g/mol. The Morgan fingerprint density at radius 1 is 1.09 bits per heavy atom. The van der Waals surface area contributed by atoms with Gasteiger partial charge in [0.05, 0.1) is 11.4 Å². The minimum atomic E-state index is -3.52. The smallest absolute Gasteiger partial charge is 0.414 e. The van der Waals surface area contributed by atoms with E-state index in [1.54, 1.807) is 59.5 Å². The molecule has 2 fully saturated rings. The number of hydrogen-bond acceptors (Lipinski definition) is 6. The Balaban J connectivity index is 1.27. The van der Waals surface area contributed by atoms with Crippen LogP contribution in [0.4, 0.5) is 10.5 Å². The highest BCUT2D eigenvalue weighted by Gasteiger charge is 2.34. The zero-order valence-corrected chi connectivity index (χ0v) is 18.4. The van der Waals surface area contributed by atoms with Crippen molar-refractivity contribution in [1.82, 2.24) is 9.62 Å². The van der Waals surface area contributed by atoms with E-state index in [2.05, 4.69) is 9.62 Å². The second kappa shape index (κ2) is 9.27. The third-order valence-electron chi connectivity index (χ3n) is 5.79. The molecule has 0 radical (unpaired) electrons. The van der Waals surface area contributed by atoms with Crippen molar-refractivity contribution in [2.24, 2.45) is 5.73 Å². The van der Waals surface area contributed by atoms with Crippen molar-refractivity contribution in [2.45, 2.75) is 29.9 Å². The molecular formula is C22H27N5O4S. The molecule has 0 saturated carbocycles. The van der Waals surface area contributed by atoms with Gasteiger partial charge in [0.1, 0.15) is 11.9 Å². The Morgan fingerprint density at radius 2 is 1.75 bits per heavy atom. The van der Waals surface area contributed by atoms with Crippen LogP contribution < -0.4 is 15.4 Å². The van der Waals surface area contributed by atoms with E-state index in [4.69, 9.17) is 15.9 Å². The lowest BCUT2D eigenvalue weighted by molar-refractivity contribution is 0.0968. The molecule has 4 rings (SSSR count). The molecule has 1 unspecified atom stereocenters. The van der Waals surface area contributed by atoms with Gasteiger partial charge in [-0.1, -0.05) is 18.2 Å². The van der Waals surface area contributed by atoms with Gasteiger partial charge < -0.3 is 10.5 Å². The summed E-state index contributed by atoms with van der Waals surface area (Å²) < 4.78 is 33.4. The van der Waals surface area contributed by atoms with Crippen molar-refractivity contribution in [3.63, 3.8) is 0 Å². The Labute approximate surface area is 187 Å². The highest BCUT2D eigenvalue weighted by molar-refractivity contribution is 7.89. The first-order valence-electron chi connectivity index (χ1n) is 10.5. The zero-order chi connectivity index (χ0) is 22.7. The Morgan fingerprint density at radius 3 is 2.38 bits per heavy atom. The van der Waals surface area contributed by atoms with Crippen molar-refractivity contribution in [3.8, 4) is 0 Å². The summed E-state index contributed by atoms with van der Waals surface area (Å²) >= 11 is 0. The molecule has 1 amide bonds. The van der Waals surface area contributed by atoms with Gasteiger partial charge >= 0.3 is 6.09 Å². The average Bonchev–Trinajstić information content (AvgIpc) is 3.15. The van der Waals surface area contributed by atoms with Crippen molar-refractivity contribution >= 4 is 27.6 Å². The predicted molar refractivity (Wildman–Crippen MR) is 121 cm³/mol. The molecule has 0 spiro atoms. The number of likely N-dealkylation sites (tertiary alicyclic amines) is 1. The number of anilines is 1. The molecule has 2 aromatic carbocycles. The number of ether oxygens (including phenoxy) is 1. The van der Waals surface area contributed by atoms with Gasteiger partial charge in [-0.15, -0.1) is 0 Å². The number of hydrogen-bond donors (Lipinski definition) is 3. The summed E-state index contributed by atoms with van der Waals surface area (Å²) in [5.74, 6) is -0.0205. The third kappa shape index (κ3) is 5.09. The average molecular weight is 458 g/mol. The quantitative estimate of drug-likeness (QED) is 0.429. The second-order valence-corrected chi connectivity index (χ2v) is 9.80. The number of amidine groups is 1. The molecule has 2 aliphatic rings. The minimum absolute atomic E-state index is 0.0205. The number of sulfonamides is 1. The number of nitrogens with zero attached hydrogens (tertiary/aromatic N) is 2. The van der Waals surface area contributed by atoms with E-state index in [0.717, 1.165) is 13.1 Å². The number of rotatable bonds is 7. The fraction of sp³-hybridized carbons (Fsp3) is 0.364. The largest absolute Gasteiger partial charge is 0.443 e. The normalized spacial score (nSPS) is 20.3. The maximum atomic E-state index is 12.5. The molecule has 0 bridgehead atoms. The molecule has 2 aromatic rings. The van der Waals surface area contributed by atoms with Crippen molar-refractivity contribution in [3.05, 3.63) is 60.2 Å². The SMILES string of the molecule is N=C(N)c1ccc(N2CC(CN3CCC(NS(=O)(=O)c4ccccc4)CC3)OC2=O)cc1. The molecule has 1 atom stereocenters. The number of nitrogens with two attached hydrogens (primary N) is 1. The van der Waals surface area contributed by atoms with Crippen LogP contribution in [-0.4, -0.2) is 63.6 Å². The van der Waals surface area contributed by atoms with Crippen LogP contribution in [0.15, 0.2) is 59.5 Å². The fourth-order valence-electron chi connectivity index (χ4n) is 4.06. The first-order valence-corrected chi connectivity index (χ1v) is 12.0. The Kier molecular flexibility index (Phi) is 6.45. The summed E-state index contributed by atoms with van der Waals surface area (Å²) in [6, 6.07) is 15.2. The van der Waals surface area contributed by atoms with E-state index < -0.39 is 16.1 Å². The number of carbonyl (C=O) groups is 1. The molecule has 32 heavy (non-hydrogen) atoms. The molecule has 0 aromatic heterocycles. The van der Waals surface area contributed by atoms with Crippen molar-refractivity contribution in [2.75, 3.05) is 31.1 Å². The van der Waals surface area contributed by atoms with Crippen LogP contribution >= 0.6 is 0 Å². The standard InChI is InChI=1S/C22H27N5O4S/c23-21(24)16-6-8-18(9-7-16)27-15-19(31-22(27)28)14-26-12-10-17(11-13-26)25-32(29,30)20-4-2-1-3-5-20/h1-9,17,19,25H,10-15H2,(H3,23,24). The molecule has 4 N–H and O–H groups in total.